The molecule has 1 N–H and O–H groups in total. The van der Waals surface area contributed by atoms with Gasteiger partial charge in [0.05, 0.1) is 25.5 Å². The molecular weight excluding hydrogens is 460 g/mol. The molecule has 0 fully saturated rings. The maximum atomic E-state index is 12.9. The first-order chi connectivity index (χ1) is 16.4. The van der Waals surface area contributed by atoms with Crippen molar-refractivity contribution in [2.45, 2.75) is 0 Å². The van der Waals surface area contributed by atoms with Crippen LogP contribution in [0.3, 0.4) is 0 Å². The summed E-state index contributed by atoms with van der Waals surface area (Å²) < 4.78 is 15.6. The fourth-order valence-corrected chi connectivity index (χ4v) is 3.45. The quantitative estimate of drug-likeness (QED) is 0.306. The van der Waals surface area contributed by atoms with Gasteiger partial charge in [-0.15, -0.1) is 0 Å². The Morgan fingerprint density at radius 3 is 2.12 bits per heavy atom. The average molecular weight is 479 g/mol. The van der Waals surface area contributed by atoms with Crippen molar-refractivity contribution in [1.82, 2.24) is 0 Å². The lowest BCUT2D eigenvalue weighted by Crippen LogP contribution is -2.32. The largest absolute Gasteiger partial charge is 0.497 e. The van der Waals surface area contributed by atoms with Gasteiger partial charge in [-0.05, 0) is 60.7 Å². The number of nitrogens with one attached hydrogen (secondary N) is 1. The fourth-order valence-electron chi connectivity index (χ4n) is 3.24. The maximum absolute atomic E-state index is 12.9. The van der Waals surface area contributed by atoms with Crippen LogP contribution < -0.4 is 24.4 Å². The van der Waals surface area contributed by atoms with E-state index in [-0.39, 0.29) is 10.7 Å². The number of anilines is 2. The van der Waals surface area contributed by atoms with Crippen molar-refractivity contribution in [2.75, 3.05) is 24.4 Å². The summed E-state index contributed by atoms with van der Waals surface area (Å²) in [5, 5.41) is 2.63. The third-order valence-corrected chi connectivity index (χ3v) is 5.35. The zero-order valence-corrected chi connectivity index (χ0v) is 19.0. The van der Waals surface area contributed by atoms with E-state index in [9.17, 15) is 14.4 Å². The summed E-state index contributed by atoms with van der Waals surface area (Å²) in [4.78, 5) is 38.9. The molecule has 9 heteroatoms. The molecule has 3 aromatic carbocycles. The third-order valence-electron chi connectivity index (χ3n) is 5.00. The van der Waals surface area contributed by atoms with Crippen molar-refractivity contribution in [1.29, 1.82) is 0 Å². The summed E-state index contributed by atoms with van der Waals surface area (Å²) in [6.45, 7) is 0. The molecule has 34 heavy (non-hydrogen) atoms. The van der Waals surface area contributed by atoms with Gasteiger partial charge in [0.2, 0.25) is 0 Å². The van der Waals surface area contributed by atoms with Crippen molar-refractivity contribution in [2.24, 2.45) is 0 Å². The van der Waals surface area contributed by atoms with Crippen molar-refractivity contribution < 1.29 is 28.6 Å². The number of amides is 2. The van der Waals surface area contributed by atoms with Crippen LogP contribution in [-0.4, -0.2) is 32.0 Å². The van der Waals surface area contributed by atoms with E-state index in [1.54, 1.807) is 67.8 Å². The first kappa shape index (κ1) is 22.9. The van der Waals surface area contributed by atoms with Gasteiger partial charge in [-0.3, -0.25) is 9.59 Å². The number of hydrogen-bond donors (Lipinski definition) is 1. The maximum Gasteiger partial charge on any atom is 0.343 e. The molecule has 0 radical (unpaired) electrons. The topological polar surface area (TPSA) is 94.2 Å². The predicted octanol–water partition coefficient (Wildman–Crippen LogP) is 4.36. The van der Waals surface area contributed by atoms with Crippen LogP contribution in [-0.2, 0) is 9.59 Å². The van der Waals surface area contributed by atoms with Crippen LogP contribution in [0.5, 0.6) is 17.2 Å². The van der Waals surface area contributed by atoms with E-state index in [2.05, 4.69) is 5.32 Å². The number of rotatable bonds is 7. The summed E-state index contributed by atoms with van der Waals surface area (Å²) in [5.74, 6) is -0.294. The minimum atomic E-state index is -0.651. The molecule has 1 aliphatic heterocycles. The van der Waals surface area contributed by atoms with E-state index < -0.39 is 17.8 Å². The molecule has 1 heterocycles. The van der Waals surface area contributed by atoms with Crippen LogP contribution in [0.1, 0.15) is 10.4 Å². The van der Waals surface area contributed by atoms with Crippen LogP contribution >= 0.6 is 11.6 Å². The molecule has 0 saturated heterocycles. The molecule has 0 aliphatic carbocycles. The SMILES string of the molecule is COc1ccc(OC(=O)c2ccc(NC3=C(Cl)C(=O)N(c4cccc(OC)c4)C3=O)cc2)cc1. The first-order valence-electron chi connectivity index (χ1n) is 10.1. The Labute approximate surface area is 200 Å². The second-order valence-corrected chi connectivity index (χ2v) is 7.48. The van der Waals surface area contributed by atoms with E-state index in [4.69, 9.17) is 25.8 Å². The van der Waals surface area contributed by atoms with Gasteiger partial charge >= 0.3 is 5.97 Å². The highest BCUT2D eigenvalue weighted by molar-refractivity contribution is 6.53. The Morgan fingerprint density at radius 2 is 1.47 bits per heavy atom. The molecule has 1 aliphatic rings. The number of nitrogens with zero attached hydrogens (tertiary/aromatic N) is 1. The number of carbonyl (C=O) groups excluding carboxylic acids is 3. The number of imide groups is 1. The average Bonchev–Trinajstić information content (AvgIpc) is 3.07. The standard InChI is InChI=1S/C25H19ClN2O6/c1-32-18-10-12-19(13-11-18)34-25(31)15-6-8-16(9-7-15)27-22-21(26)23(29)28(24(22)30)17-4-3-5-20(14-17)33-2/h3-14,27H,1-2H3. The van der Waals surface area contributed by atoms with E-state index in [0.29, 0.717) is 34.2 Å². The van der Waals surface area contributed by atoms with Crippen molar-refractivity contribution >= 4 is 40.8 Å². The Morgan fingerprint density at radius 1 is 0.824 bits per heavy atom. The van der Waals surface area contributed by atoms with Gasteiger partial charge in [0.1, 0.15) is 28.0 Å². The van der Waals surface area contributed by atoms with Crippen LogP contribution in [0.2, 0.25) is 0 Å². The number of esters is 1. The van der Waals surface area contributed by atoms with Gasteiger partial charge in [0.25, 0.3) is 11.8 Å². The second kappa shape index (κ2) is 9.68. The van der Waals surface area contributed by atoms with E-state index in [1.807, 2.05) is 0 Å². The number of halogens is 1. The Kier molecular flexibility index (Phi) is 6.51. The van der Waals surface area contributed by atoms with Gasteiger partial charge in [-0.25, -0.2) is 9.69 Å². The lowest BCUT2D eigenvalue weighted by molar-refractivity contribution is -0.120. The molecule has 0 saturated carbocycles. The van der Waals surface area contributed by atoms with E-state index >= 15 is 0 Å². The molecule has 4 rings (SSSR count). The van der Waals surface area contributed by atoms with Crippen LogP contribution in [0.4, 0.5) is 11.4 Å². The fraction of sp³-hybridized carbons (Fsp3) is 0.0800. The number of methoxy groups -OCH3 is 2. The first-order valence-corrected chi connectivity index (χ1v) is 10.4. The lowest BCUT2D eigenvalue weighted by Gasteiger charge is -2.16. The molecule has 2 amide bonds. The van der Waals surface area contributed by atoms with Crippen LogP contribution in [0.15, 0.2) is 83.5 Å². The lowest BCUT2D eigenvalue weighted by atomic mass is 10.2. The second-order valence-electron chi connectivity index (χ2n) is 7.10. The molecule has 172 valence electrons. The highest BCUT2D eigenvalue weighted by atomic mass is 35.5. The van der Waals surface area contributed by atoms with Crippen LogP contribution in [0.25, 0.3) is 0 Å². The molecule has 0 bridgehead atoms. The Bertz CT molecular complexity index is 1290. The Hall–Kier alpha value is -4.30. The van der Waals surface area contributed by atoms with Gasteiger partial charge in [-0.1, -0.05) is 17.7 Å². The number of carbonyl (C=O) groups is 3. The number of ether oxygens (including phenoxy) is 3. The normalized spacial score (nSPS) is 13.2. The number of benzene rings is 3. The molecule has 0 unspecified atom stereocenters. The molecule has 0 spiro atoms. The van der Waals surface area contributed by atoms with E-state index in [1.165, 1.54) is 19.2 Å². The molecule has 0 atom stereocenters. The predicted molar refractivity (Wildman–Crippen MR) is 126 cm³/mol. The zero-order chi connectivity index (χ0) is 24.2. The molecular formula is C25H19ClN2O6. The van der Waals surface area contributed by atoms with Gasteiger partial charge in [-0.2, -0.15) is 0 Å². The molecule has 8 nitrogen and oxygen atoms in total. The zero-order valence-electron chi connectivity index (χ0n) is 18.2. The summed E-state index contributed by atoms with van der Waals surface area (Å²) in [7, 11) is 3.03. The van der Waals surface area contributed by atoms with Gasteiger partial charge in [0, 0.05) is 11.8 Å². The van der Waals surface area contributed by atoms with Crippen molar-refractivity contribution in [3.8, 4) is 17.2 Å². The summed E-state index contributed by atoms with van der Waals surface area (Å²) >= 11 is 6.18. The smallest absolute Gasteiger partial charge is 0.343 e. The highest BCUT2D eigenvalue weighted by Crippen LogP contribution is 2.31. The summed E-state index contributed by atoms with van der Waals surface area (Å²) in [5.41, 5.74) is 1.03. The van der Waals surface area contributed by atoms with Crippen LogP contribution in [0, 0.1) is 0 Å². The van der Waals surface area contributed by atoms with Gasteiger partial charge < -0.3 is 19.5 Å². The highest BCUT2D eigenvalue weighted by Gasteiger charge is 2.39. The summed E-state index contributed by atoms with van der Waals surface area (Å²) in [6.07, 6.45) is 0. The third kappa shape index (κ3) is 4.57. The molecule has 0 aromatic heterocycles. The van der Waals surface area contributed by atoms with Gasteiger partial charge in [0.15, 0.2) is 0 Å². The van der Waals surface area contributed by atoms with Crippen molar-refractivity contribution in [3.63, 3.8) is 0 Å². The van der Waals surface area contributed by atoms with E-state index in [0.717, 1.165) is 4.90 Å². The summed E-state index contributed by atoms with van der Waals surface area (Å²) in [6, 6.07) is 19.4. The minimum Gasteiger partial charge on any atom is -0.497 e. The number of hydrogen-bond acceptors (Lipinski definition) is 7. The Balaban J connectivity index is 1.46. The monoisotopic (exact) mass is 478 g/mol. The minimum absolute atomic E-state index is 0.0666. The molecule has 3 aromatic rings. The van der Waals surface area contributed by atoms with Crippen molar-refractivity contribution in [3.05, 3.63) is 89.1 Å².